The molecule has 0 bridgehead atoms. The van der Waals surface area contributed by atoms with E-state index in [1.807, 2.05) is 42.5 Å². The molecule has 0 radical (unpaired) electrons. The van der Waals surface area contributed by atoms with Crippen LogP contribution in [-0.2, 0) is 13.1 Å². The second-order valence-electron chi connectivity index (χ2n) is 9.33. The third kappa shape index (κ3) is 4.36. The van der Waals surface area contributed by atoms with Crippen LogP contribution in [0.1, 0.15) is 11.1 Å². The quantitative estimate of drug-likeness (QED) is 0.252. The molecule has 40 heavy (non-hydrogen) atoms. The summed E-state index contributed by atoms with van der Waals surface area (Å²) in [6.45, 7) is 1.31. The van der Waals surface area contributed by atoms with Crippen LogP contribution in [-0.4, -0.2) is 40.1 Å². The van der Waals surface area contributed by atoms with Crippen molar-refractivity contribution >= 4 is 21.9 Å². The Labute approximate surface area is 227 Å². The van der Waals surface area contributed by atoms with E-state index < -0.39 is 5.82 Å². The molecule has 6 heterocycles. The molecule has 6 aromatic heterocycles. The molecule has 3 N–H and O–H groups in total. The lowest BCUT2D eigenvalue weighted by atomic mass is 10.1. The number of hydrogen-bond donors (Lipinski definition) is 3. The molecule has 194 valence electrons. The summed E-state index contributed by atoms with van der Waals surface area (Å²) < 4.78 is 16.1. The summed E-state index contributed by atoms with van der Waals surface area (Å²) >= 11 is 0. The first-order valence-electron chi connectivity index (χ1n) is 12.7. The number of rotatable bonds is 7. The SMILES string of the molecule is Fc1c(-c2cncc(CNCc3ccccc3)c2)ncc2[nH]nc(-c3nc4c(-c5ccncc5)nccc4[nH]3)c12. The second kappa shape index (κ2) is 10.1. The van der Waals surface area contributed by atoms with Crippen LogP contribution in [0.3, 0.4) is 0 Å². The second-order valence-corrected chi connectivity index (χ2v) is 9.33. The third-order valence-electron chi connectivity index (χ3n) is 6.69. The fourth-order valence-electron chi connectivity index (χ4n) is 4.78. The highest BCUT2D eigenvalue weighted by Crippen LogP contribution is 2.33. The molecule has 7 rings (SSSR count). The summed E-state index contributed by atoms with van der Waals surface area (Å²) in [5, 5.41) is 11.0. The van der Waals surface area contributed by atoms with E-state index in [4.69, 9.17) is 4.98 Å². The largest absolute Gasteiger partial charge is 0.336 e. The van der Waals surface area contributed by atoms with Gasteiger partial charge in [-0.15, -0.1) is 0 Å². The summed E-state index contributed by atoms with van der Waals surface area (Å²) in [4.78, 5) is 25.4. The van der Waals surface area contributed by atoms with Gasteiger partial charge in [0.25, 0.3) is 0 Å². The first-order chi connectivity index (χ1) is 19.7. The number of imidazole rings is 1. The number of benzene rings is 1. The van der Waals surface area contributed by atoms with Gasteiger partial charge in [-0.2, -0.15) is 5.10 Å². The normalized spacial score (nSPS) is 11.4. The standard InChI is InChI=1S/C30H22FN9/c31-25-24-23(17-36-26(25)21-12-19(15-34-16-21)14-33-13-18-4-2-1-3-5-18)39-40-29(24)30-37-22-8-11-35-27(28(22)38-30)20-6-9-32-10-7-20/h1-12,15-17,33H,13-14H2,(H,37,38)(H,39,40). The molecule has 0 unspecified atom stereocenters. The molecule has 0 atom stereocenters. The fourth-order valence-corrected chi connectivity index (χ4v) is 4.78. The predicted octanol–water partition coefficient (Wildman–Crippen LogP) is 5.45. The third-order valence-corrected chi connectivity index (χ3v) is 6.69. The topological polar surface area (TPSA) is 121 Å². The van der Waals surface area contributed by atoms with E-state index in [1.165, 1.54) is 5.56 Å². The minimum Gasteiger partial charge on any atom is -0.336 e. The van der Waals surface area contributed by atoms with Crippen LogP contribution in [0.25, 0.3) is 56.0 Å². The van der Waals surface area contributed by atoms with E-state index >= 15 is 4.39 Å². The zero-order valence-electron chi connectivity index (χ0n) is 21.1. The Hall–Kier alpha value is -5.35. The maximum absolute atomic E-state index is 16.1. The van der Waals surface area contributed by atoms with E-state index in [9.17, 15) is 0 Å². The van der Waals surface area contributed by atoms with Gasteiger partial charge >= 0.3 is 0 Å². The van der Waals surface area contributed by atoms with Gasteiger partial charge in [-0.1, -0.05) is 30.3 Å². The van der Waals surface area contributed by atoms with E-state index in [-0.39, 0.29) is 5.69 Å². The van der Waals surface area contributed by atoms with Crippen LogP contribution in [0.2, 0.25) is 0 Å². The van der Waals surface area contributed by atoms with Crippen molar-refractivity contribution in [1.29, 1.82) is 0 Å². The van der Waals surface area contributed by atoms with Crippen LogP contribution in [0.4, 0.5) is 4.39 Å². The van der Waals surface area contributed by atoms with Crippen molar-refractivity contribution in [3.8, 4) is 34.0 Å². The molecule has 0 saturated heterocycles. The molecule has 0 fully saturated rings. The average Bonchev–Trinajstić information content (AvgIpc) is 3.63. The number of aromatic amines is 2. The van der Waals surface area contributed by atoms with Crippen molar-refractivity contribution in [2.75, 3.05) is 0 Å². The molecule has 1 aromatic carbocycles. The molecular formula is C30H22FN9. The van der Waals surface area contributed by atoms with Crippen molar-refractivity contribution in [2.45, 2.75) is 13.1 Å². The van der Waals surface area contributed by atoms with Crippen molar-refractivity contribution in [3.05, 3.63) is 109 Å². The average molecular weight is 528 g/mol. The monoisotopic (exact) mass is 527 g/mol. The summed E-state index contributed by atoms with van der Waals surface area (Å²) in [5.41, 5.74) is 6.74. The molecular weight excluding hydrogens is 505 g/mol. The maximum Gasteiger partial charge on any atom is 0.161 e. The van der Waals surface area contributed by atoms with Crippen molar-refractivity contribution in [2.24, 2.45) is 0 Å². The predicted molar refractivity (Wildman–Crippen MR) is 150 cm³/mol. The van der Waals surface area contributed by atoms with Crippen LogP contribution < -0.4 is 5.32 Å². The summed E-state index contributed by atoms with van der Waals surface area (Å²) in [6.07, 6.45) is 10.1. The van der Waals surface area contributed by atoms with Crippen LogP contribution in [0, 0.1) is 5.82 Å². The Morgan fingerprint density at radius 2 is 1.57 bits per heavy atom. The number of aromatic nitrogens is 8. The minimum atomic E-state index is -0.495. The van der Waals surface area contributed by atoms with Gasteiger partial charge in [-0.25, -0.2) is 9.37 Å². The maximum atomic E-state index is 16.1. The fraction of sp³-hybridized carbons (Fsp3) is 0.0667. The molecule has 0 aliphatic heterocycles. The van der Waals surface area contributed by atoms with Crippen molar-refractivity contribution < 1.29 is 4.39 Å². The number of nitrogens with zero attached hydrogens (tertiary/aromatic N) is 6. The minimum absolute atomic E-state index is 0.197. The molecule has 10 heteroatoms. The highest BCUT2D eigenvalue weighted by atomic mass is 19.1. The number of fused-ring (bicyclic) bond motifs is 2. The van der Waals surface area contributed by atoms with Gasteiger partial charge in [0.2, 0.25) is 0 Å². The zero-order valence-corrected chi connectivity index (χ0v) is 21.1. The van der Waals surface area contributed by atoms with Gasteiger partial charge < -0.3 is 10.3 Å². The lowest BCUT2D eigenvalue weighted by Crippen LogP contribution is -2.12. The molecule has 0 amide bonds. The van der Waals surface area contributed by atoms with Gasteiger partial charge in [-0.05, 0) is 35.4 Å². The number of hydrogen-bond acceptors (Lipinski definition) is 7. The molecule has 9 nitrogen and oxygen atoms in total. The summed E-state index contributed by atoms with van der Waals surface area (Å²) in [7, 11) is 0. The summed E-state index contributed by atoms with van der Waals surface area (Å²) in [6, 6.07) is 17.6. The molecule has 0 spiro atoms. The number of H-pyrrole nitrogens is 2. The Bertz CT molecular complexity index is 1950. The van der Waals surface area contributed by atoms with Crippen LogP contribution in [0.15, 0.2) is 91.8 Å². The van der Waals surface area contributed by atoms with E-state index in [0.29, 0.717) is 45.7 Å². The highest BCUT2D eigenvalue weighted by molar-refractivity contribution is 5.97. The Balaban J connectivity index is 1.23. The Morgan fingerprint density at radius 1 is 0.725 bits per heavy atom. The first kappa shape index (κ1) is 23.7. The number of nitrogens with one attached hydrogen (secondary N) is 3. The van der Waals surface area contributed by atoms with Gasteiger partial charge in [-0.3, -0.25) is 25.0 Å². The smallest absolute Gasteiger partial charge is 0.161 e. The first-order valence-corrected chi connectivity index (χ1v) is 12.7. The zero-order chi connectivity index (χ0) is 26.9. The van der Waals surface area contributed by atoms with Crippen LogP contribution >= 0.6 is 0 Å². The molecule has 0 aliphatic carbocycles. The van der Waals surface area contributed by atoms with Gasteiger partial charge in [0, 0.05) is 55.2 Å². The van der Waals surface area contributed by atoms with Gasteiger partial charge in [0.1, 0.15) is 16.9 Å². The Kier molecular flexibility index (Phi) is 5.98. The lowest BCUT2D eigenvalue weighted by molar-refractivity contribution is 0.638. The summed E-state index contributed by atoms with van der Waals surface area (Å²) in [5.74, 6) is -0.0667. The van der Waals surface area contributed by atoms with Gasteiger partial charge in [0.05, 0.1) is 28.3 Å². The highest BCUT2D eigenvalue weighted by Gasteiger charge is 2.21. The van der Waals surface area contributed by atoms with Crippen LogP contribution in [0.5, 0.6) is 0 Å². The van der Waals surface area contributed by atoms with E-state index in [0.717, 1.165) is 23.2 Å². The molecule has 0 aliphatic rings. The number of pyridine rings is 4. The number of halogens is 1. The van der Waals surface area contributed by atoms with Crippen molar-refractivity contribution in [1.82, 2.24) is 45.4 Å². The van der Waals surface area contributed by atoms with Gasteiger partial charge in [0.15, 0.2) is 11.6 Å². The molecule has 0 saturated carbocycles. The van der Waals surface area contributed by atoms with E-state index in [2.05, 4.69) is 52.6 Å². The lowest BCUT2D eigenvalue weighted by Gasteiger charge is -2.08. The molecule has 7 aromatic rings. The van der Waals surface area contributed by atoms with Crippen molar-refractivity contribution in [3.63, 3.8) is 0 Å². The van der Waals surface area contributed by atoms with E-state index in [1.54, 1.807) is 37.2 Å². The Morgan fingerprint density at radius 3 is 2.45 bits per heavy atom.